The molecular formula is C12H12FN4O2+. The Labute approximate surface area is 108 Å². The third-order valence-corrected chi connectivity index (χ3v) is 2.59. The van der Waals surface area contributed by atoms with E-state index in [0.717, 1.165) is 5.56 Å². The first kappa shape index (κ1) is 12.9. The van der Waals surface area contributed by atoms with Crippen LogP contribution in [0.4, 0.5) is 15.9 Å². The van der Waals surface area contributed by atoms with E-state index in [-0.39, 0.29) is 5.69 Å². The molecule has 0 aliphatic rings. The second-order valence-corrected chi connectivity index (χ2v) is 3.94. The lowest BCUT2D eigenvalue weighted by Crippen LogP contribution is -2.37. The Balaban J connectivity index is 2.04. The molecule has 0 aliphatic heterocycles. The average Bonchev–Trinajstić information content (AvgIpc) is 2.38. The fourth-order valence-corrected chi connectivity index (χ4v) is 1.59. The molecule has 1 heterocycles. The molecule has 0 atom stereocenters. The highest BCUT2D eigenvalue weighted by atomic mass is 19.1. The van der Waals surface area contributed by atoms with Gasteiger partial charge in [-0.25, -0.2) is 0 Å². The van der Waals surface area contributed by atoms with E-state index in [2.05, 4.69) is 10.4 Å². The highest BCUT2D eigenvalue weighted by molar-refractivity contribution is 5.35. The zero-order chi connectivity index (χ0) is 13.8. The molecular weight excluding hydrogens is 251 g/mol. The molecule has 0 aliphatic carbocycles. The molecule has 0 radical (unpaired) electrons. The van der Waals surface area contributed by atoms with Gasteiger partial charge in [-0.2, -0.15) is 4.39 Å². The van der Waals surface area contributed by atoms with Crippen molar-refractivity contribution in [1.29, 1.82) is 0 Å². The van der Waals surface area contributed by atoms with Gasteiger partial charge >= 0.3 is 0 Å². The molecule has 2 aromatic rings. The lowest BCUT2D eigenvalue weighted by atomic mass is 10.2. The summed E-state index contributed by atoms with van der Waals surface area (Å²) in [4.78, 5) is 10.1. The molecule has 19 heavy (non-hydrogen) atoms. The number of hydrogen-bond donors (Lipinski definition) is 1. The number of non-ortho nitro benzene ring substituents is 1. The highest BCUT2D eigenvalue weighted by Crippen LogP contribution is 2.12. The molecule has 6 nitrogen and oxygen atoms in total. The van der Waals surface area contributed by atoms with Crippen LogP contribution in [0.2, 0.25) is 0 Å². The van der Waals surface area contributed by atoms with Crippen molar-refractivity contribution in [3.8, 4) is 0 Å². The van der Waals surface area contributed by atoms with Gasteiger partial charge in [0, 0.05) is 24.3 Å². The van der Waals surface area contributed by atoms with Gasteiger partial charge in [0.1, 0.15) is 13.6 Å². The molecule has 0 unspecified atom stereocenters. The van der Waals surface area contributed by atoms with E-state index in [1.165, 1.54) is 22.9 Å². The first-order valence-corrected chi connectivity index (χ1v) is 5.56. The molecule has 0 spiro atoms. The summed E-state index contributed by atoms with van der Waals surface area (Å²) in [5.74, 6) is 0.100. The van der Waals surface area contributed by atoms with E-state index in [9.17, 15) is 14.5 Å². The van der Waals surface area contributed by atoms with Crippen molar-refractivity contribution < 1.29 is 14.0 Å². The number of halogens is 1. The summed E-state index contributed by atoms with van der Waals surface area (Å²) < 4.78 is 14.2. The predicted octanol–water partition coefficient (Wildman–Crippen LogP) is 1.57. The molecule has 0 saturated heterocycles. The van der Waals surface area contributed by atoms with Crippen LogP contribution in [-0.4, -0.2) is 10.0 Å². The van der Waals surface area contributed by atoms with Gasteiger partial charge in [-0.05, 0) is 17.7 Å². The van der Waals surface area contributed by atoms with Crippen LogP contribution in [0.15, 0.2) is 36.4 Å². The second-order valence-electron chi connectivity index (χ2n) is 3.94. The zero-order valence-electron chi connectivity index (χ0n) is 10.2. The van der Waals surface area contributed by atoms with Crippen molar-refractivity contribution in [2.75, 3.05) is 5.32 Å². The summed E-state index contributed by atoms with van der Waals surface area (Å²) in [5.41, 5.74) is 0.938. The number of nitro groups is 1. The van der Waals surface area contributed by atoms with Crippen molar-refractivity contribution >= 4 is 11.5 Å². The molecule has 0 saturated carbocycles. The fourth-order valence-electron chi connectivity index (χ4n) is 1.59. The van der Waals surface area contributed by atoms with Crippen molar-refractivity contribution in [2.24, 2.45) is 7.05 Å². The largest absolute Gasteiger partial charge is 0.295 e. The number of aromatic nitrogens is 2. The molecule has 1 N–H and O–H groups in total. The Bertz CT molecular complexity index is 601. The Morgan fingerprint density at radius 1 is 1.32 bits per heavy atom. The van der Waals surface area contributed by atoms with Crippen molar-refractivity contribution in [2.45, 2.75) is 6.54 Å². The van der Waals surface area contributed by atoms with Gasteiger partial charge in [0.15, 0.2) is 0 Å². The molecule has 7 heteroatoms. The first-order valence-electron chi connectivity index (χ1n) is 5.56. The van der Waals surface area contributed by atoms with Gasteiger partial charge in [-0.3, -0.25) is 15.4 Å². The summed E-state index contributed by atoms with van der Waals surface area (Å²) in [7, 11) is 1.63. The Kier molecular flexibility index (Phi) is 3.65. The van der Waals surface area contributed by atoms with E-state index in [1.807, 2.05) is 0 Å². The molecule has 0 fully saturated rings. The van der Waals surface area contributed by atoms with Crippen LogP contribution >= 0.6 is 0 Å². The third kappa shape index (κ3) is 3.21. The lowest BCUT2D eigenvalue weighted by Gasteiger charge is -2.02. The molecule has 1 aromatic carbocycles. The predicted molar refractivity (Wildman–Crippen MR) is 65.8 cm³/mol. The number of nitrogens with zero attached hydrogens (tertiary/aromatic N) is 3. The maximum Gasteiger partial charge on any atom is 0.295 e. The minimum absolute atomic E-state index is 0.0535. The van der Waals surface area contributed by atoms with Crippen LogP contribution in [0, 0.1) is 16.1 Å². The summed E-state index contributed by atoms with van der Waals surface area (Å²) in [5, 5.41) is 17.2. The highest BCUT2D eigenvalue weighted by Gasteiger charge is 2.09. The number of nitrogens with one attached hydrogen (secondary N) is 1. The van der Waals surface area contributed by atoms with E-state index in [4.69, 9.17) is 0 Å². The van der Waals surface area contributed by atoms with Crippen molar-refractivity contribution in [3.63, 3.8) is 0 Å². The van der Waals surface area contributed by atoms with Gasteiger partial charge < -0.3 is 0 Å². The third-order valence-electron chi connectivity index (χ3n) is 2.59. The topological polar surface area (TPSA) is 71.9 Å². The van der Waals surface area contributed by atoms with Crippen molar-refractivity contribution in [1.82, 2.24) is 5.10 Å². The summed E-state index contributed by atoms with van der Waals surface area (Å²) in [6, 6.07) is 9.07. The summed E-state index contributed by atoms with van der Waals surface area (Å²) in [6.07, 6.45) is 0. The van der Waals surface area contributed by atoms with Crippen molar-refractivity contribution in [3.05, 3.63) is 58.0 Å². The first-order chi connectivity index (χ1) is 9.06. The standard InChI is InChI=1S/C12H11FN4O2/c1-16-12(7-6-11(13)15-16)14-8-9-2-4-10(5-3-9)17(18)19/h2-7H,8H2,1H3/p+1. The van der Waals surface area contributed by atoms with Crippen LogP contribution in [0.3, 0.4) is 0 Å². The SMILES string of the molecule is C[n+]1nc(F)ccc1NCc1ccc([N+](=O)[O-])cc1. The fraction of sp³-hybridized carbons (Fsp3) is 0.167. The number of anilines is 1. The van der Waals surface area contributed by atoms with Crippen LogP contribution in [0.5, 0.6) is 0 Å². The Morgan fingerprint density at radius 3 is 2.58 bits per heavy atom. The summed E-state index contributed by atoms with van der Waals surface area (Å²) in [6.45, 7) is 0.471. The normalized spacial score (nSPS) is 10.2. The van der Waals surface area contributed by atoms with Crippen LogP contribution in [0.25, 0.3) is 0 Å². The second kappa shape index (κ2) is 5.38. The maximum atomic E-state index is 12.8. The van der Waals surface area contributed by atoms with E-state index in [1.54, 1.807) is 25.2 Å². The minimum atomic E-state index is -0.552. The molecule has 2 rings (SSSR count). The smallest absolute Gasteiger partial charge is 0.269 e. The molecule has 98 valence electrons. The number of hydrogen-bond acceptors (Lipinski definition) is 4. The quantitative estimate of drug-likeness (QED) is 0.516. The number of aryl methyl sites for hydroxylation is 1. The lowest BCUT2D eigenvalue weighted by molar-refractivity contribution is -0.719. The van der Waals surface area contributed by atoms with Gasteiger partial charge in [0.2, 0.25) is 0 Å². The maximum absolute atomic E-state index is 12.8. The Morgan fingerprint density at radius 2 is 2.00 bits per heavy atom. The zero-order valence-corrected chi connectivity index (χ0v) is 10.2. The molecule has 0 bridgehead atoms. The van der Waals surface area contributed by atoms with Crippen LogP contribution in [-0.2, 0) is 13.6 Å². The van der Waals surface area contributed by atoms with Crippen LogP contribution < -0.4 is 10.00 Å². The number of rotatable bonds is 4. The van der Waals surface area contributed by atoms with Gasteiger partial charge in [-0.15, -0.1) is 4.68 Å². The summed E-state index contributed by atoms with van der Waals surface area (Å²) >= 11 is 0. The average molecular weight is 263 g/mol. The number of nitro benzene ring substituents is 1. The van der Waals surface area contributed by atoms with E-state index >= 15 is 0 Å². The monoisotopic (exact) mass is 263 g/mol. The van der Waals surface area contributed by atoms with Gasteiger partial charge in [-0.1, -0.05) is 5.10 Å². The number of benzene rings is 1. The minimum Gasteiger partial charge on any atom is -0.269 e. The van der Waals surface area contributed by atoms with Crippen LogP contribution in [0.1, 0.15) is 5.56 Å². The Hall–Kier alpha value is -2.57. The van der Waals surface area contributed by atoms with Gasteiger partial charge in [0.25, 0.3) is 17.5 Å². The van der Waals surface area contributed by atoms with E-state index in [0.29, 0.717) is 12.4 Å². The van der Waals surface area contributed by atoms with Gasteiger partial charge in [0.05, 0.1) is 4.92 Å². The van der Waals surface area contributed by atoms with E-state index < -0.39 is 10.9 Å². The molecule has 1 aromatic heterocycles. The molecule has 0 amide bonds.